The molecule has 27 heavy (non-hydrogen) atoms. The fraction of sp³-hybridized carbons (Fsp3) is 0.333. The molecule has 1 unspecified atom stereocenters. The third-order valence-electron chi connectivity index (χ3n) is 4.57. The minimum atomic E-state index is -0.506. The van der Waals surface area contributed by atoms with E-state index >= 15 is 0 Å². The molecule has 3 aromatic rings. The van der Waals surface area contributed by atoms with Crippen LogP contribution < -0.4 is 10.9 Å². The van der Waals surface area contributed by atoms with E-state index < -0.39 is 10.5 Å². The van der Waals surface area contributed by atoms with Crippen LogP contribution in [0.4, 0.5) is 11.4 Å². The first-order chi connectivity index (χ1) is 13.0. The van der Waals surface area contributed by atoms with Gasteiger partial charge in [-0.1, -0.05) is 13.8 Å². The number of benzene rings is 1. The predicted octanol–water partition coefficient (Wildman–Crippen LogP) is 2.92. The topological polar surface area (TPSA) is 117 Å². The highest BCUT2D eigenvalue weighted by molar-refractivity contribution is 5.86. The molecule has 2 heterocycles. The summed E-state index contributed by atoms with van der Waals surface area (Å²) >= 11 is 0. The number of nitrogens with zero attached hydrogens (tertiary/aromatic N) is 3. The Labute approximate surface area is 155 Å². The van der Waals surface area contributed by atoms with Gasteiger partial charge in [-0.3, -0.25) is 19.8 Å². The van der Waals surface area contributed by atoms with E-state index in [9.17, 15) is 14.9 Å². The van der Waals surface area contributed by atoms with Gasteiger partial charge in [0.25, 0.3) is 11.2 Å². The van der Waals surface area contributed by atoms with E-state index in [1.807, 2.05) is 26.0 Å². The molecular formula is C18H21N5O4. The first-order valence-electron chi connectivity index (χ1n) is 8.72. The van der Waals surface area contributed by atoms with E-state index in [0.29, 0.717) is 17.7 Å². The minimum Gasteiger partial charge on any atom is -0.468 e. The van der Waals surface area contributed by atoms with Gasteiger partial charge in [-0.05, 0) is 31.3 Å². The second-order valence-electron chi connectivity index (χ2n) is 6.01. The summed E-state index contributed by atoms with van der Waals surface area (Å²) in [5, 5.41) is 14.8. The molecule has 0 aliphatic rings. The van der Waals surface area contributed by atoms with Gasteiger partial charge in [0.1, 0.15) is 11.4 Å². The number of rotatable bonds is 8. The summed E-state index contributed by atoms with van der Waals surface area (Å²) in [5.74, 6) is 0.782. The Morgan fingerprint density at radius 3 is 2.78 bits per heavy atom. The van der Waals surface area contributed by atoms with E-state index in [1.54, 1.807) is 6.26 Å². The standard InChI is InChI=1S/C18H21N5O4/c1-3-22(4-2)16(17-6-5-7-27-17)10-19-14-9-13-12(8-15(14)23(25)26)18(24)21-11-20-13/h5-9,11,16,19H,3-4,10H2,1-2H3,(H,20,21,24). The summed E-state index contributed by atoms with van der Waals surface area (Å²) in [7, 11) is 0. The molecule has 3 rings (SSSR count). The lowest BCUT2D eigenvalue weighted by Crippen LogP contribution is -2.33. The molecule has 9 nitrogen and oxygen atoms in total. The van der Waals surface area contributed by atoms with E-state index in [2.05, 4.69) is 20.2 Å². The molecule has 0 radical (unpaired) electrons. The Morgan fingerprint density at radius 1 is 1.37 bits per heavy atom. The average Bonchev–Trinajstić information content (AvgIpc) is 3.19. The van der Waals surface area contributed by atoms with Gasteiger partial charge in [0.05, 0.1) is 34.5 Å². The second-order valence-corrected chi connectivity index (χ2v) is 6.01. The van der Waals surface area contributed by atoms with Gasteiger partial charge in [-0.25, -0.2) is 4.98 Å². The SMILES string of the molecule is CCN(CC)C(CNc1cc2nc[nH]c(=O)c2cc1[N+](=O)[O-])c1ccco1. The number of furan rings is 1. The fourth-order valence-electron chi connectivity index (χ4n) is 3.16. The highest BCUT2D eigenvalue weighted by Crippen LogP contribution is 2.29. The maximum Gasteiger partial charge on any atom is 0.293 e. The molecule has 1 atom stereocenters. The normalized spacial score (nSPS) is 12.4. The molecule has 0 saturated heterocycles. The molecule has 0 bridgehead atoms. The highest BCUT2D eigenvalue weighted by atomic mass is 16.6. The third kappa shape index (κ3) is 3.82. The van der Waals surface area contributed by atoms with E-state index in [-0.39, 0.29) is 17.1 Å². The Hall–Kier alpha value is -3.20. The van der Waals surface area contributed by atoms with Crippen LogP contribution in [0.25, 0.3) is 10.9 Å². The van der Waals surface area contributed by atoms with Crippen LogP contribution in [0.3, 0.4) is 0 Å². The van der Waals surface area contributed by atoms with Crippen LogP contribution in [0.1, 0.15) is 25.6 Å². The summed E-state index contributed by atoms with van der Waals surface area (Å²) in [6, 6.07) is 6.41. The minimum absolute atomic E-state index is 0.0857. The maximum atomic E-state index is 11.9. The van der Waals surface area contributed by atoms with Gasteiger partial charge in [-0.15, -0.1) is 0 Å². The molecule has 2 N–H and O–H groups in total. The predicted molar refractivity (Wildman–Crippen MR) is 102 cm³/mol. The largest absolute Gasteiger partial charge is 0.468 e. The lowest BCUT2D eigenvalue weighted by atomic mass is 10.1. The molecule has 0 aliphatic carbocycles. The zero-order valence-corrected chi connectivity index (χ0v) is 15.1. The molecule has 2 aromatic heterocycles. The highest BCUT2D eigenvalue weighted by Gasteiger charge is 2.23. The number of nitrogens with one attached hydrogen (secondary N) is 2. The first-order valence-corrected chi connectivity index (χ1v) is 8.72. The molecule has 0 saturated carbocycles. The van der Waals surface area contributed by atoms with Gasteiger partial charge in [0, 0.05) is 12.6 Å². The molecule has 9 heteroatoms. The average molecular weight is 371 g/mol. The number of likely N-dealkylation sites (N-methyl/N-ethyl adjacent to an activating group) is 1. The summed E-state index contributed by atoms with van der Waals surface area (Å²) < 4.78 is 5.56. The van der Waals surface area contributed by atoms with Crippen molar-refractivity contribution >= 4 is 22.3 Å². The summed E-state index contributed by atoms with van der Waals surface area (Å²) in [5.41, 5.74) is 0.128. The monoisotopic (exact) mass is 371 g/mol. The van der Waals surface area contributed by atoms with Gasteiger partial charge < -0.3 is 14.7 Å². The Kier molecular flexibility index (Phi) is 5.51. The van der Waals surface area contributed by atoms with Crippen LogP contribution in [-0.4, -0.2) is 39.4 Å². The van der Waals surface area contributed by atoms with E-state index in [0.717, 1.165) is 18.8 Å². The number of aromatic amines is 1. The van der Waals surface area contributed by atoms with Crippen LogP contribution in [0.2, 0.25) is 0 Å². The zero-order valence-electron chi connectivity index (χ0n) is 15.1. The number of aromatic nitrogens is 2. The Balaban J connectivity index is 1.96. The summed E-state index contributed by atoms with van der Waals surface area (Å²) in [6.45, 7) is 6.12. The zero-order chi connectivity index (χ0) is 19.4. The smallest absolute Gasteiger partial charge is 0.293 e. The lowest BCUT2D eigenvalue weighted by molar-refractivity contribution is -0.383. The fourth-order valence-corrected chi connectivity index (χ4v) is 3.16. The van der Waals surface area contributed by atoms with Crippen molar-refractivity contribution in [3.05, 3.63) is 63.1 Å². The second kappa shape index (κ2) is 8.00. The number of H-pyrrole nitrogens is 1. The third-order valence-corrected chi connectivity index (χ3v) is 4.57. The van der Waals surface area contributed by atoms with E-state index in [4.69, 9.17) is 4.42 Å². The van der Waals surface area contributed by atoms with Crippen molar-refractivity contribution in [3.63, 3.8) is 0 Å². The van der Waals surface area contributed by atoms with Crippen LogP contribution in [0.5, 0.6) is 0 Å². The molecular weight excluding hydrogens is 350 g/mol. The van der Waals surface area contributed by atoms with Gasteiger partial charge in [0.15, 0.2) is 0 Å². The number of fused-ring (bicyclic) bond motifs is 1. The van der Waals surface area contributed by atoms with Gasteiger partial charge in [0.2, 0.25) is 0 Å². The maximum absolute atomic E-state index is 11.9. The number of nitro groups is 1. The number of hydrogen-bond acceptors (Lipinski definition) is 7. The van der Waals surface area contributed by atoms with Gasteiger partial charge >= 0.3 is 0 Å². The van der Waals surface area contributed by atoms with Crippen molar-refractivity contribution in [2.24, 2.45) is 0 Å². The molecule has 0 amide bonds. The summed E-state index contributed by atoms with van der Waals surface area (Å²) in [6.07, 6.45) is 2.89. The van der Waals surface area contributed by atoms with Crippen molar-refractivity contribution in [1.29, 1.82) is 0 Å². The first kappa shape index (κ1) is 18.6. The van der Waals surface area contributed by atoms with Crippen molar-refractivity contribution < 1.29 is 9.34 Å². The Morgan fingerprint density at radius 2 is 2.15 bits per heavy atom. The van der Waals surface area contributed by atoms with Crippen LogP contribution in [0.15, 0.2) is 46.1 Å². The van der Waals surface area contributed by atoms with Crippen LogP contribution >= 0.6 is 0 Å². The van der Waals surface area contributed by atoms with E-state index in [1.165, 1.54) is 18.5 Å². The van der Waals surface area contributed by atoms with Crippen LogP contribution in [-0.2, 0) is 0 Å². The van der Waals surface area contributed by atoms with Crippen molar-refractivity contribution in [3.8, 4) is 0 Å². The molecule has 0 aliphatic heterocycles. The Bertz CT molecular complexity index is 979. The molecule has 142 valence electrons. The molecule has 0 spiro atoms. The summed E-state index contributed by atoms with van der Waals surface area (Å²) in [4.78, 5) is 31.6. The van der Waals surface area contributed by atoms with Crippen molar-refractivity contribution in [1.82, 2.24) is 14.9 Å². The molecule has 1 aromatic carbocycles. The van der Waals surface area contributed by atoms with Crippen molar-refractivity contribution in [2.75, 3.05) is 25.0 Å². The number of nitro benzene ring substituents is 1. The molecule has 0 fully saturated rings. The quantitative estimate of drug-likeness (QED) is 0.462. The number of anilines is 1. The van der Waals surface area contributed by atoms with Crippen molar-refractivity contribution in [2.45, 2.75) is 19.9 Å². The lowest BCUT2D eigenvalue weighted by Gasteiger charge is -2.28. The van der Waals surface area contributed by atoms with Gasteiger partial charge in [-0.2, -0.15) is 0 Å². The number of hydrogen-bond donors (Lipinski definition) is 2. The van der Waals surface area contributed by atoms with Crippen LogP contribution in [0, 0.1) is 10.1 Å².